The van der Waals surface area contributed by atoms with Crippen LogP contribution in [0.15, 0.2) is 48.5 Å². The van der Waals surface area contributed by atoms with Gasteiger partial charge >= 0.3 is 0 Å². The maximum absolute atomic E-state index is 13.0. The molecule has 1 aliphatic rings. The quantitative estimate of drug-likeness (QED) is 0.907. The summed E-state index contributed by atoms with van der Waals surface area (Å²) in [5.41, 5.74) is 3.04. The van der Waals surface area contributed by atoms with Crippen LogP contribution in [-0.4, -0.2) is 36.3 Å². The monoisotopic (exact) mass is 362 g/mol. The fraction of sp³-hybridized carbons (Fsp3) is 0.286. The van der Waals surface area contributed by atoms with Gasteiger partial charge in [0.2, 0.25) is 11.8 Å². The van der Waals surface area contributed by atoms with Crippen LogP contribution in [0, 0.1) is 11.3 Å². The first-order chi connectivity index (χ1) is 13.0. The van der Waals surface area contributed by atoms with Crippen LogP contribution in [0.5, 0.6) is 0 Å². The van der Waals surface area contributed by atoms with Crippen molar-refractivity contribution in [2.45, 2.75) is 25.9 Å². The molecule has 3 rings (SSSR count). The molecule has 0 aromatic heterocycles. The highest BCUT2D eigenvalue weighted by atomic mass is 16.2. The number of carbonyl (C=O) groups is 2. The average Bonchev–Trinajstić information content (AvgIpc) is 2.76. The lowest BCUT2D eigenvalue weighted by molar-refractivity contribution is -0.120. The van der Waals surface area contributed by atoms with E-state index in [4.69, 9.17) is 5.26 Å². The molecule has 1 atom stereocenters. The van der Waals surface area contributed by atoms with Gasteiger partial charge in [-0.25, -0.2) is 0 Å². The SMILES string of the molecule is C[C@@H]1CC(=O)Nc2ccccc2N1C(=O)CN(C)Cc1ccc(C#N)cc1. The second-order valence-electron chi connectivity index (χ2n) is 6.86. The summed E-state index contributed by atoms with van der Waals surface area (Å²) >= 11 is 0. The van der Waals surface area contributed by atoms with Crippen molar-refractivity contribution in [2.24, 2.45) is 0 Å². The summed E-state index contributed by atoms with van der Waals surface area (Å²) in [5.74, 6) is -0.140. The molecule has 6 nitrogen and oxygen atoms in total. The van der Waals surface area contributed by atoms with E-state index < -0.39 is 0 Å². The Labute approximate surface area is 159 Å². The first-order valence-electron chi connectivity index (χ1n) is 8.86. The molecule has 6 heteroatoms. The van der Waals surface area contributed by atoms with Crippen molar-refractivity contribution >= 4 is 23.2 Å². The molecule has 0 spiro atoms. The normalized spacial score (nSPS) is 16.3. The van der Waals surface area contributed by atoms with E-state index in [-0.39, 0.29) is 30.8 Å². The molecule has 0 bridgehead atoms. The minimum atomic E-state index is -0.218. The molecule has 0 fully saturated rings. The van der Waals surface area contributed by atoms with E-state index in [0.29, 0.717) is 17.8 Å². The largest absolute Gasteiger partial charge is 0.324 e. The van der Waals surface area contributed by atoms with Crippen molar-refractivity contribution in [3.63, 3.8) is 0 Å². The predicted octanol–water partition coefficient (Wildman–Crippen LogP) is 2.75. The molecule has 27 heavy (non-hydrogen) atoms. The van der Waals surface area contributed by atoms with Crippen molar-refractivity contribution in [1.29, 1.82) is 5.26 Å². The van der Waals surface area contributed by atoms with Crippen LogP contribution in [-0.2, 0) is 16.1 Å². The fourth-order valence-electron chi connectivity index (χ4n) is 3.33. The van der Waals surface area contributed by atoms with Crippen LogP contribution in [0.25, 0.3) is 0 Å². The summed E-state index contributed by atoms with van der Waals surface area (Å²) in [4.78, 5) is 28.7. The number of carbonyl (C=O) groups excluding carboxylic acids is 2. The lowest BCUT2D eigenvalue weighted by atomic mass is 10.1. The van der Waals surface area contributed by atoms with Crippen molar-refractivity contribution < 1.29 is 9.59 Å². The van der Waals surface area contributed by atoms with Gasteiger partial charge in [-0.1, -0.05) is 24.3 Å². The number of nitriles is 1. The van der Waals surface area contributed by atoms with Gasteiger partial charge in [0.05, 0.1) is 29.6 Å². The summed E-state index contributed by atoms with van der Waals surface area (Å²) in [5, 5.41) is 11.7. The fourth-order valence-corrected chi connectivity index (χ4v) is 3.33. The maximum atomic E-state index is 13.0. The minimum absolute atomic E-state index is 0.0532. The van der Waals surface area contributed by atoms with E-state index in [2.05, 4.69) is 11.4 Å². The third-order valence-corrected chi connectivity index (χ3v) is 4.57. The van der Waals surface area contributed by atoms with Crippen LogP contribution >= 0.6 is 0 Å². The zero-order valence-corrected chi connectivity index (χ0v) is 15.5. The molecule has 0 saturated carbocycles. The van der Waals surface area contributed by atoms with Gasteiger partial charge in [-0.2, -0.15) is 5.26 Å². The van der Waals surface area contributed by atoms with Crippen molar-refractivity contribution in [1.82, 2.24) is 4.90 Å². The summed E-state index contributed by atoms with van der Waals surface area (Å²) in [7, 11) is 1.88. The number of nitrogens with one attached hydrogen (secondary N) is 1. The molecule has 2 aromatic carbocycles. The highest BCUT2D eigenvalue weighted by Crippen LogP contribution is 2.31. The molecule has 2 amide bonds. The van der Waals surface area contributed by atoms with Crippen LogP contribution < -0.4 is 10.2 Å². The predicted molar refractivity (Wildman–Crippen MR) is 104 cm³/mol. The Morgan fingerprint density at radius 1 is 1.26 bits per heavy atom. The first-order valence-corrected chi connectivity index (χ1v) is 8.86. The third kappa shape index (κ3) is 4.33. The number of likely N-dealkylation sites (N-methyl/N-ethyl adjacent to an activating group) is 1. The molecule has 0 saturated heterocycles. The number of hydrogen-bond acceptors (Lipinski definition) is 4. The van der Waals surface area contributed by atoms with Crippen LogP contribution in [0.4, 0.5) is 11.4 Å². The molecule has 1 heterocycles. The van der Waals surface area contributed by atoms with E-state index in [1.807, 2.05) is 55.3 Å². The van der Waals surface area contributed by atoms with Gasteiger partial charge in [0.15, 0.2) is 0 Å². The van der Waals surface area contributed by atoms with Gasteiger partial charge in [-0.05, 0) is 43.8 Å². The highest BCUT2D eigenvalue weighted by molar-refractivity contribution is 6.04. The number of fused-ring (bicyclic) bond motifs is 1. The molecule has 0 aliphatic carbocycles. The summed E-state index contributed by atoms with van der Waals surface area (Å²) in [6, 6.07) is 16.6. The molecule has 138 valence electrons. The molecule has 2 aromatic rings. The van der Waals surface area contributed by atoms with Gasteiger partial charge in [-0.15, -0.1) is 0 Å². The lowest BCUT2D eigenvalue weighted by Gasteiger charge is -2.29. The van der Waals surface area contributed by atoms with Crippen LogP contribution in [0.1, 0.15) is 24.5 Å². The van der Waals surface area contributed by atoms with E-state index >= 15 is 0 Å². The number of amides is 2. The van der Waals surface area contributed by atoms with Crippen molar-refractivity contribution in [3.05, 3.63) is 59.7 Å². The van der Waals surface area contributed by atoms with Crippen molar-refractivity contribution in [2.75, 3.05) is 23.8 Å². The zero-order valence-electron chi connectivity index (χ0n) is 15.5. The Kier molecular flexibility index (Phi) is 5.53. The summed E-state index contributed by atoms with van der Waals surface area (Å²) in [6.07, 6.45) is 0.264. The summed E-state index contributed by atoms with van der Waals surface area (Å²) in [6.45, 7) is 2.71. The Balaban J connectivity index is 1.74. The van der Waals surface area contributed by atoms with Crippen LogP contribution in [0.2, 0.25) is 0 Å². The van der Waals surface area contributed by atoms with E-state index in [9.17, 15) is 9.59 Å². The highest BCUT2D eigenvalue weighted by Gasteiger charge is 2.29. The van der Waals surface area contributed by atoms with Gasteiger partial charge in [0.25, 0.3) is 0 Å². The molecular weight excluding hydrogens is 340 g/mol. The standard InChI is InChI=1S/C21H22N4O2/c1-15-11-20(26)23-18-5-3-4-6-19(18)25(15)21(27)14-24(2)13-17-9-7-16(12-22)8-10-17/h3-10,15H,11,13-14H2,1-2H3,(H,23,26)/t15-/m1/s1. The average molecular weight is 362 g/mol. The van der Waals surface area contributed by atoms with E-state index in [1.54, 1.807) is 17.0 Å². The Bertz CT molecular complexity index is 886. The number of nitrogens with zero attached hydrogens (tertiary/aromatic N) is 3. The lowest BCUT2D eigenvalue weighted by Crippen LogP contribution is -2.44. The number of benzene rings is 2. The number of anilines is 2. The smallest absolute Gasteiger partial charge is 0.241 e. The first kappa shape index (κ1) is 18.6. The topological polar surface area (TPSA) is 76.4 Å². The minimum Gasteiger partial charge on any atom is -0.324 e. The molecular formula is C21H22N4O2. The molecule has 1 aliphatic heterocycles. The van der Waals surface area contributed by atoms with E-state index in [1.165, 1.54) is 0 Å². The summed E-state index contributed by atoms with van der Waals surface area (Å²) < 4.78 is 0. The van der Waals surface area contributed by atoms with Gasteiger partial charge in [0.1, 0.15) is 0 Å². The second kappa shape index (κ2) is 8.02. The Morgan fingerprint density at radius 3 is 2.67 bits per heavy atom. The second-order valence-corrected chi connectivity index (χ2v) is 6.86. The van der Waals surface area contributed by atoms with Gasteiger partial charge in [-0.3, -0.25) is 14.5 Å². The Hall–Kier alpha value is -3.17. The van der Waals surface area contributed by atoms with Gasteiger partial charge in [0, 0.05) is 19.0 Å². The molecule has 0 radical (unpaired) electrons. The molecule has 1 N–H and O–H groups in total. The van der Waals surface area contributed by atoms with Crippen molar-refractivity contribution in [3.8, 4) is 6.07 Å². The number of rotatable bonds is 4. The number of para-hydroxylation sites is 2. The zero-order chi connectivity index (χ0) is 19.4. The van der Waals surface area contributed by atoms with Crippen LogP contribution in [0.3, 0.4) is 0 Å². The number of hydrogen-bond donors (Lipinski definition) is 1. The van der Waals surface area contributed by atoms with Gasteiger partial charge < -0.3 is 10.2 Å². The third-order valence-electron chi connectivity index (χ3n) is 4.57. The Morgan fingerprint density at radius 2 is 1.96 bits per heavy atom. The van der Waals surface area contributed by atoms with E-state index in [0.717, 1.165) is 11.3 Å². The molecule has 0 unspecified atom stereocenters. The maximum Gasteiger partial charge on any atom is 0.241 e.